The molecule has 4 heterocycles. The maximum atomic E-state index is 6.19. The smallest absolute Gasteiger partial charge is 0.223 e. The molecular weight excluding hydrogens is 388 g/mol. The minimum absolute atomic E-state index is 0.181. The van der Waals surface area contributed by atoms with Crippen LogP contribution in [0, 0.1) is 0 Å². The summed E-state index contributed by atoms with van der Waals surface area (Å²) in [4.78, 5) is 13.7. The number of aromatic nitrogens is 4. The third kappa shape index (κ3) is 3.95. The van der Waals surface area contributed by atoms with E-state index in [1.54, 1.807) is 0 Å². The Balaban J connectivity index is 1.45. The summed E-state index contributed by atoms with van der Waals surface area (Å²) < 4.78 is 1.83. The van der Waals surface area contributed by atoms with Gasteiger partial charge in [0.05, 0.1) is 6.20 Å². The number of rotatable bonds is 3. The highest BCUT2D eigenvalue weighted by Gasteiger charge is 2.26. The van der Waals surface area contributed by atoms with Gasteiger partial charge in [-0.1, -0.05) is 12.1 Å². The minimum atomic E-state index is 0.181. The highest BCUT2D eigenvalue weighted by molar-refractivity contribution is 5.65. The lowest BCUT2D eigenvalue weighted by atomic mass is 9.92. The molecule has 0 amide bonds. The molecule has 0 aliphatic carbocycles. The average Bonchev–Trinajstić information content (AvgIpc) is 3.19. The number of aryl methyl sites for hydroxylation is 1. The largest absolute Gasteiger partial charge is 0.368 e. The number of nitrogens with two attached hydrogens (primary N) is 2. The van der Waals surface area contributed by atoms with Crippen molar-refractivity contribution in [2.24, 2.45) is 12.8 Å². The summed E-state index contributed by atoms with van der Waals surface area (Å²) in [6.45, 7) is 4.80. The highest BCUT2D eigenvalue weighted by Crippen LogP contribution is 2.32. The Hall–Kier alpha value is -3.13. The van der Waals surface area contributed by atoms with Gasteiger partial charge in [-0.05, 0) is 48.9 Å². The molecule has 1 fully saturated rings. The second-order valence-electron chi connectivity index (χ2n) is 8.86. The summed E-state index contributed by atoms with van der Waals surface area (Å²) in [5, 5.41) is 4.31. The lowest BCUT2D eigenvalue weighted by Gasteiger charge is -2.37. The molecule has 0 bridgehead atoms. The molecule has 2 aliphatic heterocycles. The molecule has 1 aromatic carbocycles. The van der Waals surface area contributed by atoms with Crippen molar-refractivity contribution in [2.45, 2.75) is 44.8 Å². The number of nitrogen functional groups attached to an aromatic ring is 1. The van der Waals surface area contributed by atoms with E-state index in [1.807, 2.05) is 24.1 Å². The van der Waals surface area contributed by atoms with Crippen molar-refractivity contribution in [3.63, 3.8) is 0 Å². The highest BCUT2D eigenvalue weighted by atomic mass is 15.3. The van der Waals surface area contributed by atoms with E-state index >= 15 is 0 Å². The molecule has 8 nitrogen and oxygen atoms in total. The normalized spacial score (nSPS) is 21.3. The van der Waals surface area contributed by atoms with Gasteiger partial charge in [0.15, 0.2) is 0 Å². The van der Waals surface area contributed by atoms with E-state index in [0.717, 1.165) is 56.1 Å². The number of hydrogen-bond donors (Lipinski definition) is 2. The minimum Gasteiger partial charge on any atom is -0.368 e. The summed E-state index contributed by atoms with van der Waals surface area (Å²) in [6, 6.07) is 9.29. The topological polar surface area (TPSA) is 102 Å². The van der Waals surface area contributed by atoms with E-state index < -0.39 is 0 Å². The lowest BCUT2D eigenvalue weighted by molar-refractivity contribution is 0.503. The van der Waals surface area contributed by atoms with E-state index in [9.17, 15) is 0 Å². The third-order valence-corrected chi connectivity index (χ3v) is 6.43. The molecule has 1 unspecified atom stereocenters. The standard InChI is InChI=1S/C23H30N8/c1-15-8-16-5-6-17(19-11-26-29(2)12-19)9-18(16)13-31(15)22-10-21(27-23(25)28-22)30-7-3-4-20(24)14-30/h5-6,9-12,15,20H,3-4,7-8,13-14,24H2,1-2H3,(H2,25,27,28)/t15?,20-/m0/s1. The summed E-state index contributed by atoms with van der Waals surface area (Å²) in [7, 11) is 1.94. The van der Waals surface area contributed by atoms with Gasteiger partial charge in [-0.2, -0.15) is 15.1 Å². The predicted octanol–water partition coefficient (Wildman–Crippen LogP) is 2.34. The van der Waals surface area contributed by atoms with Crippen LogP contribution in [0.2, 0.25) is 0 Å². The second kappa shape index (κ2) is 7.85. The van der Waals surface area contributed by atoms with Crippen LogP contribution in [0.1, 0.15) is 30.9 Å². The monoisotopic (exact) mass is 418 g/mol. The Morgan fingerprint density at radius 3 is 2.68 bits per heavy atom. The van der Waals surface area contributed by atoms with Crippen molar-refractivity contribution in [1.82, 2.24) is 19.7 Å². The molecule has 31 heavy (non-hydrogen) atoms. The van der Waals surface area contributed by atoms with Gasteiger partial charge in [0.25, 0.3) is 0 Å². The number of hydrogen-bond acceptors (Lipinski definition) is 7. The van der Waals surface area contributed by atoms with Crippen molar-refractivity contribution >= 4 is 17.6 Å². The molecular formula is C23H30N8. The summed E-state index contributed by atoms with van der Waals surface area (Å²) in [6.07, 6.45) is 7.06. The SMILES string of the molecule is CC1Cc2ccc(-c3cnn(C)c3)cc2CN1c1cc(N2CCC[C@H](N)C2)nc(N)n1. The lowest BCUT2D eigenvalue weighted by Crippen LogP contribution is -2.43. The van der Waals surface area contributed by atoms with Crippen LogP contribution in [0.15, 0.2) is 36.7 Å². The van der Waals surface area contributed by atoms with E-state index in [0.29, 0.717) is 12.0 Å². The number of piperidine rings is 1. The number of anilines is 3. The van der Waals surface area contributed by atoms with E-state index in [4.69, 9.17) is 11.5 Å². The quantitative estimate of drug-likeness (QED) is 0.673. The van der Waals surface area contributed by atoms with Crippen LogP contribution in [-0.4, -0.2) is 44.9 Å². The molecule has 0 spiro atoms. The van der Waals surface area contributed by atoms with Crippen LogP contribution in [0.3, 0.4) is 0 Å². The van der Waals surface area contributed by atoms with E-state index in [1.165, 1.54) is 16.7 Å². The van der Waals surface area contributed by atoms with Crippen molar-refractivity contribution in [2.75, 3.05) is 28.6 Å². The Morgan fingerprint density at radius 1 is 1.06 bits per heavy atom. The Labute approximate surface area is 182 Å². The van der Waals surface area contributed by atoms with Gasteiger partial charge in [0.2, 0.25) is 5.95 Å². The number of nitrogens with zero attached hydrogens (tertiary/aromatic N) is 6. The van der Waals surface area contributed by atoms with Gasteiger partial charge < -0.3 is 21.3 Å². The fraction of sp³-hybridized carbons (Fsp3) is 0.435. The zero-order valence-corrected chi connectivity index (χ0v) is 18.2. The van der Waals surface area contributed by atoms with Crippen LogP contribution < -0.4 is 21.3 Å². The zero-order valence-electron chi connectivity index (χ0n) is 18.2. The van der Waals surface area contributed by atoms with E-state index in [2.05, 4.69) is 56.1 Å². The van der Waals surface area contributed by atoms with Crippen molar-refractivity contribution in [3.05, 3.63) is 47.8 Å². The van der Waals surface area contributed by atoms with Gasteiger partial charge in [-0.15, -0.1) is 0 Å². The Kier molecular flexibility index (Phi) is 5.02. The molecule has 2 atom stereocenters. The zero-order chi connectivity index (χ0) is 21.5. The number of benzene rings is 1. The van der Waals surface area contributed by atoms with Gasteiger partial charge >= 0.3 is 0 Å². The van der Waals surface area contributed by atoms with E-state index in [-0.39, 0.29) is 6.04 Å². The fourth-order valence-corrected chi connectivity index (χ4v) is 4.76. The summed E-state index contributed by atoms with van der Waals surface area (Å²) in [5.41, 5.74) is 17.3. The first-order valence-electron chi connectivity index (χ1n) is 11.0. The first kappa shape index (κ1) is 19.8. The molecule has 2 aliphatic rings. The maximum Gasteiger partial charge on any atom is 0.223 e. The first-order valence-corrected chi connectivity index (χ1v) is 11.0. The van der Waals surface area contributed by atoms with Gasteiger partial charge in [0, 0.05) is 56.6 Å². The molecule has 3 aromatic rings. The average molecular weight is 419 g/mol. The Morgan fingerprint density at radius 2 is 1.90 bits per heavy atom. The van der Waals surface area contributed by atoms with Crippen molar-refractivity contribution in [3.8, 4) is 11.1 Å². The van der Waals surface area contributed by atoms with Crippen LogP contribution in [-0.2, 0) is 20.0 Å². The van der Waals surface area contributed by atoms with Crippen LogP contribution in [0.25, 0.3) is 11.1 Å². The van der Waals surface area contributed by atoms with Gasteiger partial charge in [-0.3, -0.25) is 4.68 Å². The van der Waals surface area contributed by atoms with Crippen LogP contribution in [0.4, 0.5) is 17.6 Å². The third-order valence-electron chi connectivity index (χ3n) is 6.43. The molecule has 2 aromatic heterocycles. The molecule has 8 heteroatoms. The van der Waals surface area contributed by atoms with Gasteiger partial charge in [0.1, 0.15) is 11.6 Å². The molecule has 162 valence electrons. The Bertz CT molecular complexity index is 1090. The van der Waals surface area contributed by atoms with Crippen LogP contribution in [0.5, 0.6) is 0 Å². The molecule has 5 rings (SSSR count). The van der Waals surface area contributed by atoms with Crippen molar-refractivity contribution in [1.29, 1.82) is 0 Å². The van der Waals surface area contributed by atoms with Gasteiger partial charge in [-0.25, -0.2) is 0 Å². The molecule has 0 radical (unpaired) electrons. The second-order valence-corrected chi connectivity index (χ2v) is 8.86. The number of fused-ring (bicyclic) bond motifs is 1. The first-order chi connectivity index (χ1) is 15.0. The summed E-state index contributed by atoms with van der Waals surface area (Å²) in [5.74, 6) is 2.07. The fourth-order valence-electron chi connectivity index (χ4n) is 4.76. The molecule has 1 saturated heterocycles. The van der Waals surface area contributed by atoms with Crippen LogP contribution >= 0.6 is 0 Å². The molecule has 4 N–H and O–H groups in total. The molecule has 0 saturated carbocycles. The predicted molar refractivity (Wildman–Crippen MR) is 124 cm³/mol. The van der Waals surface area contributed by atoms with Crippen molar-refractivity contribution < 1.29 is 0 Å². The summed E-state index contributed by atoms with van der Waals surface area (Å²) >= 11 is 0. The maximum absolute atomic E-state index is 6.19.